The molecule has 0 fully saturated rings. The average molecular weight is 318 g/mol. The molecule has 1 atom stereocenters. The second kappa shape index (κ2) is 7.94. The van der Waals surface area contributed by atoms with Crippen LogP contribution < -0.4 is 10.1 Å². The van der Waals surface area contributed by atoms with Gasteiger partial charge in [-0.05, 0) is 38.0 Å². The highest BCUT2D eigenvalue weighted by Crippen LogP contribution is 2.14. The summed E-state index contributed by atoms with van der Waals surface area (Å²) in [7, 11) is 0. The van der Waals surface area contributed by atoms with Gasteiger partial charge in [0.05, 0.1) is 10.7 Å². The van der Waals surface area contributed by atoms with Crippen molar-refractivity contribution in [3.8, 4) is 5.75 Å². The molecular formula is C17H22N2O2S. The Balaban J connectivity index is 1.76. The summed E-state index contributed by atoms with van der Waals surface area (Å²) in [5, 5.41) is 5.96. The van der Waals surface area contributed by atoms with Crippen LogP contribution in [0.1, 0.15) is 30.1 Å². The minimum absolute atomic E-state index is 0.105. The summed E-state index contributed by atoms with van der Waals surface area (Å²) in [5.41, 5.74) is 2.27. The third-order valence-electron chi connectivity index (χ3n) is 3.36. The van der Waals surface area contributed by atoms with E-state index in [0.29, 0.717) is 6.54 Å². The van der Waals surface area contributed by atoms with Crippen molar-refractivity contribution in [2.45, 2.75) is 39.7 Å². The first-order valence-electron chi connectivity index (χ1n) is 7.52. The van der Waals surface area contributed by atoms with Crippen molar-refractivity contribution in [3.63, 3.8) is 0 Å². The van der Waals surface area contributed by atoms with E-state index in [1.807, 2.05) is 36.6 Å². The van der Waals surface area contributed by atoms with Gasteiger partial charge in [-0.3, -0.25) is 4.79 Å². The monoisotopic (exact) mass is 318 g/mol. The molecule has 2 rings (SSSR count). The third kappa shape index (κ3) is 4.84. The molecule has 0 aliphatic carbocycles. The summed E-state index contributed by atoms with van der Waals surface area (Å²) in [5.74, 6) is 0.612. The number of carbonyl (C=O) groups excluding carboxylic acids is 1. The fraction of sp³-hybridized carbons (Fsp3) is 0.412. The standard InChI is InChI=1S/C17H22N2O2S/c1-4-14-5-7-16(8-6-14)21-12(2)17(20)18-10-9-15-11-22-13(3)19-15/h5-8,11-12H,4,9-10H2,1-3H3,(H,18,20)/t12-/m0/s1. The first kappa shape index (κ1) is 16.5. The maximum Gasteiger partial charge on any atom is 0.260 e. The van der Waals surface area contributed by atoms with E-state index in [1.54, 1.807) is 18.3 Å². The first-order valence-corrected chi connectivity index (χ1v) is 8.40. The van der Waals surface area contributed by atoms with E-state index in [1.165, 1.54) is 5.56 Å². The lowest BCUT2D eigenvalue weighted by atomic mass is 10.2. The molecule has 118 valence electrons. The highest BCUT2D eigenvalue weighted by Gasteiger charge is 2.14. The van der Waals surface area contributed by atoms with Crippen LogP contribution in [0.5, 0.6) is 5.75 Å². The van der Waals surface area contributed by atoms with Crippen LogP contribution in [0.15, 0.2) is 29.6 Å². The predicted octanol–water partition coefficient (Wildman–Crippen LogP) is 3.14. The van der Waals surface area contributed by atoms with Crippen LogP contribution >= 0.6 is 11.3 Å². The van der Waals surface area contributed by atoms with E-state index in [2.05, 4.69) is 17.2 Å². The van der Waals surface area contributed by atoms with Gasteiger partial charge in [-0.15, -0.1) is 11.3 Å². The maximum absolute atomic E-state index is 12.0. The number of hydrogen-bond acceptors (Lipinski definition) is 4. The second-order valence-corrected chi connectivity index (χ2v) is 6.22. The summed E-state index contributed by atoms with van der Waals surface area (Å²) >= 11 is 1.63. The number of aromatic nitrogens is 1. The van der Waals surface area contributed by atoms with Gasteiger partial charge in [0.15, 0.2) is 6.10 Å². The Morgan fingerprint density at radius 1 is 1.36 bits per heavy atom. The second-order valence-electron chi connectivity index (χ2n) is 5.16. The summed E-state index contributed by atoms with van der Waals surface area (Å²) in [6, 6.07) is 7.84. The molecular weight excluding hydrogens is 296 g/mol. The van der Waals surface area contributed by atoms with Crippen molar-refractivity contribution in [1.82, 2.24) is 10.3 Å². The van der Waals surface area contributed by atoms with Gasteiger partial charge in [0.1, 0.15) is 5.75 Å². The lowest BCUT2D eigenvalue weighted by Gasteiger charge is -2.14. The van der Waals surface area contributed by atoms with Crippen LogP contribution in [0.3, 0.4) is 0 Å². The zero-order valence-electron chi connectivity index (χ0n) is 13.3. The number of nitrogens with one attached hydrogen (secondary N) is 1. The Hall–Kier alpha value is -1.88. The lowest BCUT2D eigenvalue weighted by Crippen LogP contribution is -2.37. The molecule has 2 aromatic rings. The van der Waals surface area contributed by atoms with E-state index in [-0.39, 0.29) is 5.91 Å². The smallest absolute Gasteiger partial charge is 0.260 e. The normalized spacial score (nSPS) is 12.0. The quantitative estimate of drug-likeness (QED) is 0.853. The van der Waals surface area contributed by atoms with Crippen molar-refractivity contribution in [1.29, 1.82) is 0 Å². The van der Waals surface area contributed by atoms with Crippen LogP contribution in [0.2, 0.25) is 0 Å². The minimum atomic E-state index is -0.510. The van der Waals surface area contributed by atoms with Gasteiger partial charge in [-0.1, -0.05) is 19.1 Å². The number of ether oxygens (including phenoxy) is 1. The minimum Gasteiger partial charge on any atom is -0.481 e. The molecule has 0 bridgehead atoms. The summed E-state index contributed by atoms with van der Waals surface area (Å²) in [4.78, 5) is 16.4. The number of carbonyl (C=O) groups is 1. The topological polar surface area (TPSA) is 51.2 Å². The molecule has 1 heterocycles. The number of nitrogens with zero attached hydrogens (tertiary/aromatic N) is 1. The molecule has 0 radical (unpaired) electrons. The Labute approximate surface area is 135 Å². The molecule has 5 heteroatoms. The van der Waals surface area contributed by atoms with E-state index in [0.717, 1.165) is 29.3 Å². The highest BCUT2D eigenvalue weighted by molar-refractivity contribution is 7.09. The molecule has 1 N–H and O–H groups in total. The zero-order valence-corrected chi connectivity index (χ0v) is 14.1. The van der Waals surface area contributed by atoms with Gasteiger partial charge < -0.3 is 10.1 Å². The molecule has 1 aromatic carbocycles. The number of thiazole rings is 1. The van der Waals surface area contributed by atoms with Gasteiger partial charge in [0, 0.05) is 18.3 Å². The van der Waals surface area contributed by atoms with E-state index in [4.69, 9.17) is 4.74 Å². The summed E-state index contributed by atoms with van der Waals surface area (Å²) in [6.45, 7) is 6.42. The van der Waals surface area contributed by atoms with Crippen molar-refractivity contribution in [3.05, 3.63) is 45.9 Å². The van der Waals surface area contributed by atoms with Crippen molar-refractivity contribution in [2.75, 3.05) is 6.54 Å². The van der Waals surface area contributed by atoms with Crippen LogP contribution in [0, 0.1) is 6.92 Å². The summed E-state index contributed by atoms with van der Waals surface area (Å²) < 4.78 is 5.66. The van der Waals surface area contributed by atoms with Crippen molar-refractivity contribution < 1.29 is 9.53 Å². The molecule has 4 nitrogen and oxygen atoms in total. The zero-order chi connectivity index (χ0) is 15.9. The average Bonchev–Trinajstić information content (AvgIpc) is 2.93. The van der Waals surface area contributed by atoms with E-state index < -0.39 is 6.10 Å². The fourth-order valence-electron chi connectivity index (χ4n) is 2.04. The first-order chi connectivity index (χ1) is 10.6. The van der Waals surface area contributed by atoms with Crippen molar-refractivity contribution >= 4 is 17.2 Å². The van der Waals surface area contributed by atoms with Gasteiger partial charge >= 0.3 is 0 Å². The molecule has 1 amide bonds. The molecule has 1 aromatic heterocycles. The predicted molar refractivity (Wildman–Crippen MR) is 89.5 cm³/mol. The molecule has 0 saturated heterocycles. The largest absolute Gasteiger partial charge is 0.481 e. The molecule has 0 aliphatic heterocycles. The maximum atomic E-state index is 12.0. The number of benzene rings is 1. The number of rotatable bonds is 7. The lowest BCUT2D eigenvalue weighted by molar-refractivity contribution is -0.127. The molecule has 0 saturated carbocycles. The Bertz CT molecular complexity index is 607. The van der Waals surface area contributed by atoms with Gasteiger partial charge in [0.25, 0.3) is 5.91 Å². The fourth-order valence-corrected chi connectivity index (χ4v) is 2.69. The van der Waals surface area contributed by atoms with Crippen LogP contribution in [-0.2, 0) is 17.6 Å². The van der Waals surface area contributed by atoms with Crippen LogP contribution in [0.4, 0.5) is 0 Å². The third-order valence-corrected chi connectivity index (χ3v) is 4.18. The highest BCUT2D eigenvalue weighted by atomic mass is 32.1. The van der Waals surface area contributed by atoms with Crippen molar-refractivity contribution in [2.24, 2.45) is 0 Å². The number of aryl methyl sites for hydroxylation is 2. The van der Waals surface area contributed by atoms with Crippen LogP contribution in [-0.4, -0.2) is 23.5 Å². The number of hydrogen-bond donors (Lipinski definition) is 1. The Kier molecular flexibility index (Phi) is 5.95. The molecule has 0 unspecified atom stereocenters. The van der Waals surface area contributed by atoms with Crippen LogP contribution in [0.25, 0.3) is 0 Å². The number of amides is 1. The SMILES string of the molecule is CCc1ccc(O[C@@H](C)C(=O)NCCc2csc(C)n2)cc1. The van der Waals surface area contributed by atoms with Gasteiger partial charge in [-0.25, -0.2) is 4.98 Å². The van der Waals surface area contributed by atoms with E-state index >= 15 is 0 Å². The molecule has 0 spiro atoms. The summed E-state index contributed by atoms with van der Waals surface area (Å²) in [6.07, 6.45) is 1.23. The van der Waals surface area contributed by atoms with E-state index in [9.17, 15) is 4.79 Å². The molecule has 0 aliphatic rings. The molecule has 22 heavy (non-hydrogen) atoms. The Morgan fingerprint density at radius 3 is 2.68 bits per heavy atom. The Morgan fingerprint density at radius 2 is 2.09 bits per heavy atom. The van der Waals surface area contributed by atoms with Gasteiger partial charge in [-0.2, -0.15) is 0 Å². The van der Waals surface area contributed by atoms with Gasteiger partial charge in [0.2, 0.25) is 0 Å².